The van der Waals surface area contributed by atoms with Gasteiger partial charge in [-0.25, -0.2) is 0 Å². The molecule has 2 aliphatic rings. The summed E-state index contributed by atoms with van der Waals surface area (Å²) >= 11 is 0. The van der Waals surface area contributed by atoms with Gasteiger partial charge in [0.05, 0.1) is 22.1 Å². The van der Waals surface area contributed by atoms with Crippen LogP contribution in [-0.4, -0.2) is 4.57 Å². The maximum Gasteiger partial charge on any atom is 0.132 e. The van der Waals surface area contributed by atoms with Gasteiger partial charge in [0.25, 0.3) is 0 Å². The Morgan fingerprint density at radius 2 is 0.984 bits per heavy atom. The van der Waals surface area contributed by atoms with Crippen LogP contribution in [0.15, 0.2) is 231 Å². The van der Waals surface area contributed by atoms with Crippen molar-refractivity contribution in [3.05, 3.63) is 253 Å². The van der Waals surface area contributed by atoms with Gasteiger partial charge in [-0.2, -0.15) is 0 Å². The molecule has 3 nitrogen and oxygen atoms in total. The molecule has 1 aliphatic carbocycles. The Balaban J connectivity index is 1.15. The van der Waals surface area contributed by atoms with Crippen LogP contribution in [-0.2, 0) is 5.41 Å². The molecule has 0 saturated heterocycles. The summed E-state index contributed by atoms with van der Waals surface area (Å²) in [6.45, 7) is 0. The summed E-state index contributed by atoms with van der Waals surface area (Å²) in [6, 6.07) is 84.1. The van der Waals surface area contributed by atoms with E-state index in [1.165, 1.54) is 49.3 Å². The summed E-state index contributed by atoms with van der Waals surface area (Å²) in [5.74, 6) is 1.76. The van der Waals surface area contributed by atoms with Gasteiger partial charge in [0.2, 0.25) is 0 Å². The SMILES string of the molecule is c1ccc(-c2ccccc2N(c2ccc3c(c2)C2(c4ccccc4Oc4ccccc42)c2cccc4cccc-3c24)c2ccc3c4ccccc4n(-c4ccccc4)c3c2)cc1. The fourth-order valence-electron chi connectivity index (χ4n) is 10.7. The lowest BCUT2D eigenvalue weighted by molar-refractivity contribution is 0.435. The van der Waals surface area contributed by atoms with E-state index in [9.17, 15) is 0 Å². The van der Waals surface area contributed by atoms with Crippen molar-refractivity contribution in [3.63, 3.8) is 0 Å². The number of benzene rings is 10. The first kappa shape index (κ1) is 34.7. The standard InChI is InChI=1S/C59H38N2O/c1-3-17-39(18-4-1)44-23-7-11-29-53(44)60(43-34-36-47-46-24-8-12-30-54(46)61(55(47)38-43)41-21-5-2-6-22-41)42-33-35-45-48-25-15-19-40-20-16-28-51(58(40)48)59(52(45)37-42)49-26-9-13-31-56(49)62-57-32-14-10-27-50(57)59/h1-38H. The molecule has 0 N–H and O–H groups in total. The summed E-state index contributed by atoms with van der Waals surface area (Å²) in [6.07, 6.45) is 0. The Bertz CT molecular complexity index is 3520. The van der Waals surface area contributed by atoms with Crippen LogP contribution in [0.3, 0.4) is 0 Å². The Morgan fingerprint density at radius 1 is 0.387 bits per heavy atom. The minimum Gasteiger partial charge on any atom is -0.457 e. The molecule has 0 fully saturated rings. The van der Waals surface area contributed by atoms with Gasteiger partial charge >= 0.3 is 0 Å². The van der Waals surface area contributed by atoms with Crippen LogP contribution in [0.5, 0.6) is 11.5 Å². The third-order valence-corrected chi connectivity index (χ3v) is 13.2. The zero-order valence-corrected chi connectivity index (χ0v) is 33.7. The minimum atomic E-state index is -0.668. The molecule has 1 spiro atoms. The smallest absolute Gasteiger partial charge is 0.132 e. The quantitative estimate of drug-likeness (QED) is 0.173. The number of aromatic nitrogens is 1. The Labute approximate surface area is 360 Å². The molecule has 0 amide bonds. The predicted molar refractivity (Wildman–Crippen MR) is 256 cm³/mol. The van der Waals surface area contributed by atoms with E-state index in [-0.39, 0.29) is 0 Å². The lowest BCUT2D eigenvalue weighted by Crippen LogP contribution is -2.36. The van der Waals surface area contributed by atoms with Gasteiger partial charge in [0, 0.05) is 44.5 Å². The van der Waals surface area contributed by atoms with Crippen LogP contribution >= 0.6 is 0 Å². The number of anilines is 3. The molecule has 1 aliphatic heterocycles. The largest absolute Gasteiger partial charge is 0.457 e. The molecule has 0 radical (unpaired) electrons. The van der Waals surface area contributed by atoms with E-state index in [4.69, 9.17) is 4.74 Å². The van der Waals surface area contributed by atoms with E-state index in [2.05, 4.69) is 240 Å². The number of ether oxygens (including phenoxy) is 1. The molecule has 10 aromatic carbocycles. The molecule has 0 atom stereocenters. The summed E-state index contributed by atoms with van der Waals surface area (Å²) in [4.78, 5) is 2.47. The van der Waals surface area contributed by atoms with Crippen LogP contribution in [0.2, 0.25) is 0 Å². The molecule has 0 unspecified atom stereocenters. The van der Waals surface area contributed by atoms with Crippen LogP contribution in [0.25, 0.3) is 60.5 Å². The monoisotopic (exact) mass is 790 g/mol. The van der Waals surface area contributed by atoms with Crippen molar-refractivity contribution in [2.24, 2.45) is 0 Å². The van der Waals surface area contributed by atoms with Crippen molar-refractivity contribution in [3.8, 4) is 39.4 Å². The highest BCUT2D eigenvalue weighted by molar-refractivity contribution is 6.11. The van der Waals surface area contributed by atoms with E-state index in [1.54, 1.807) is 0 Å². The van der Waals surface area contributed by atoms with E-state index in [1.807, 2.05) is 0 Å². The molecule has 1 aromatic heterocycles. The van der Waals surface area contributed by atoms with Crippen molar-refractivity contribution in [1.82, 2.24) is 4.57 Å². The van der Waals surface area contributed by atoms with Crippen molar-refractivity contribution in [1.29, 1.82) is 0 Å². The molecule has 3 heteroatoms. The number of para-hydroxylation sites is 5. The molecule has 2 heterocycles. The van der Waals surface area contributed by atoms with E-state index in [0.29, 0.717) is 0 Å². The highest BCUT2D eigenvalue weighted by atomic mass is 16.5. The van der Waals surface area contributed by atoms with Gasteiger partial charge in [-0.1, -0.05) is 170 Å². The number of rotatable bonds is 5. The average Bonchev–Trinajstić information content (AvgIpc) is 3.67. The van der Waals surface area contributed by atoms with Gasteiger partial charge in [-0.05, 0) is 99.3 Å². The van der Waals surface area contributed by atoms with Gasteiger partial charge in [-0.3, -0.25) is 0 Å². The topological polar surface area (TPSA) is 17.4 Å². The normalized spacial score (nSPS) is 13.1. The number of hydrogen-bond donors (Lipinski definition) is 0. The first-order valence-corrected chi connectivity index (χ1v) is 21.3. The molecular weight excluding hydrogens is 753 g/mol. The fourth-order valence-corrected chi connectivity index (χ4v) is 10.7. The Morgan fingerprint density at radius 3 is 1.79 bits per heavy atom. The highest BCUT2D eigenvalue weighted by Crippen LogP contribution is 2.62. The maximum atomic E-state index is 6.79. The van der Waals surface area contributed by atoms with Crippen LogP contribution in [0.4, 0.5) is 17.1 Å². The van der Waals surface area contributed by atoms with Crippen molar-refractivity contribution in [2.75, 3.05) is 4.90 Å². The molecule has 13 rings (SSSR count). The second-order valence-electron chi connectivity index (χ2n) is 16.4. The average molecular weight is 791 g/mol. The third-order valence-electron chi connectivity index (χ3n) is 13.2. The zero-order chi connectivity index (χ0) is 40.8. The van der Waals surface area contributed by atoms with E-state index >= 15 is 0 Å². The van der Waals surface area contributed by atoms with Crippen LogP contribution in [0, 0.1) is 0 Å². The third kappa shape index (κ3) is 4.88. The molecule has 290 valence electrons. The van der Waals surface area contributed by atoms with Crippen molar-refractivity contribution in [2.45, 2.75) is 5.41 Å². The molecular formula is C59H38N2O. The van der Waals surface area contributed by atoms with Crippen LogP contribution in [0.1, 0.15) is 22.3 Å². The van der Waals surface area contributed by atoms with E-state index < -0.39 is 5.41 Å². The zero-order valence-electron chi connectivity index (χ0n) is 33.7. The second kappa shape index (κ2) is 13.4. The summed E-state index contributed by atoms with van der Waals surface area (Å²) < 4.78 is 9.19. The highest BCUT2D eigenvalue weighted by Gasteiger charge is 2.49. The van der Waals surface area contributed by atoms with Crippen molar-refractivity contribution >= 4 is 49.6 Å². The molecule has 0 saturated carbocycles. The van der Waals surface area contributed by atoms with Crippen LogP contribution < -0.4 is 9.64 Å². The first-order chi connectivity index (χ1) is 30.8. The van der Waals surface area contributed by atoms with Gasteiger partial charge in [0.1, 0.15) is 11.5 Å². The van der Waals surface area contributed by atoms with Crippen molar-refractivity contribution < 1.29 is 4.74 Å². The second-order valence-corrected chi connectivity index (χ2v) is 16.4. The first-order valence-electron chi connectivity index (χ1n) is 21.3. The molecule has 62 heavy (non-hydrogen) atoms. The minimum absolute atomic E-state index is 0.668. The number of fused-ring (bicyclic) bond motifs is 11. The number of hydrogen-bond acceptors (Lipinski definition) is 2. The lowest BCUT2D eigenvalue weighted by atomic mass is 9.58. The fraction of sp³-hybridized carbons (Fsp3) is 0.0169. The lowest BCUT2D eigenvalue weighted by Gasteiger charge is -2.45. The summed E-state index contributed by atoms with van der Waals surface area (Å²) in [7, 11) is 0. The molecule has 0 bridgehead atoms. The molecule has 11 aromatic rings. The predicted octanol–water partition coefficient (Wildman–Crippen LogP) is 15.5. The van der Waals surface area contributed by atoms with Gasteiger partial charge in [-0.15, -0.1) is 0 Å². The summed E-state index contributed by atoms with van der Waals surface area (Å²) in [5.41, 5.74) is 15.6. The Kier molecular flexibility index (Phi) is 7.52. The Hall–Kier alpha value is -8.14. The van der Waals surface area contributed by atoms with Gasteiger partial charge < -0.3 is 14.2 Å². The van der Waals surface area contributed by atoms with Gasteiger partial charge in [0.15, 0.2) is 0 Å². The number of nitrogens with zero attached hydrogens (tertiary/aromatic N) is 2. The van der Waals surface area contributed by atoms with E-state index in [0.717, 1.165) is 62.0 Å². The maximum absolute atomic E-state index is 6.79. The summed E-state index contributed by atoms with van der Waals surface area (Å²) in [5, 5.41) is 4.96.